The second-order valence-electron chi connectivity index (χ2n) is 4.53. The van der Waals surface area contributed by atoms with E-state index in [2.05, 4.69) is 0 Å². The smallest absolute Gasteiger partial charge is 0.323 e. The summed E-state index contributed by atoms with van der Waals surface area (Å²) < 4.78 is 23.0. The van der Waals surface area contributed by atoms with Crippen LogP contribution in [0, 0.1) is 0 Å². The second kappa shape index (κ2) is 6.56. The van der Waals surface area contributed by atoms with Gasteiger partial charge in [-0.15, -0.1) is 0 Å². The van der Waals surface area contributed by atoms with E-state index in [0.29, 0.717) is 5.57 Å². The number of hydrogen-bond acceptors (Lipinski definition) is 2. The zero-order chi connectivity index (χ0) is 15.0. The van der Waals surface area contributed by atoms with Crippen molar-refractivity contribution in [2.24, 2.45) is 0 Å². The minimum atomic E-state index is -5.01. The molecule has 0 saturated carbocycles. The second-order valence-corrected chi connectivity index (χ2v) is 8.65. The van der Waals surface area contributed by atoms with Crippen molar-refractivity contribution in [2.45, 2.75) is 11.3 Å². The Morgan fingerprint density at radius 3 is 1.86 bits per heavy atom. The van der Waals surface area contributed by atoms with Gasteiger partial charge in [-0.3, -0.25) is 9.13 Å². The van der Waals surface area contributed by atoms with E-state index in [1.807, 2.05) is 6.07 Å². The summed E-state index contributed by atoms with van der Waals surface area (Å²) in [6.45, 7) is 0. The summed E-state index contributed by atoms with van der Waals surface area (Å²) in [5.41, 5.74) is 1.48. The maximum atomic E-state index is 11.5. The summed E-state index contributed by atoms with van der Waals surface area (Å²) >= 11 is 0. The third kappa shape index (κ3) is 3.62. The number of allylic oxidation sites excluding steroid dienone is 4. The van der Waals surface area contributed by atoms with Crippen LogP contribution in [0.5, 0.6) is 0 Å². The molecule has 9 heteroatoms. The van der Waals surface area contributed by atoms with Crippen LogP contribution in [0.3, 0.4) is 0 Å². The maximum Gasteiger partial charge on any atom is 0.347 e. The van der Waals surface area contributed by atoms with E-state index in [1.165, 1.54) is 12.2 Å². The molecular weight excluding hydrogens is 393 g/mol. The first-order valence-electron chi connectivity index (χ1n) is 5.73. The van der Waals surface area contributed by atoms with Crippen LogP contribution in [-0.2, 0) is 35.3 Å². The summed E-state index contributed by atoms with van der Waals surface area (Å²) in [4.78, 5) is 34.8. The van der Waals surface area contributed by atoms with Crippen molar-refractivity contribution in [1.82, 2.24) is 0 Å². The molecule has 1 aromatic carbocycles. The van der Waals surface area contributed by atoms with Crippen molar-refractivity contribution >= 4 is 20.8 Å². The van der Waals surface area contributed by atoms with Crippen LogP contribution in [0.2, 0.25) is 0 Å². The Balaban J connectivity index is 0.00000220. The summed E-state index contributed by atoms with van der Waals surface area (Å²) in [6.07, 6.45) is 3.31. The van der Waals surface area contributed by atoms with Crippen molar-refractivity contribution in [1.29, 1.82) is 0 Å². The Labute approximate surface area is 141 Å². The Hall–Kier alpha value is -0.117. The molecule has 0 atom stereocenters. The van der Waals surface area contributed by atoms with Gasteiger partial charge in [0.05, 0.1) is 0 Å². The van der Waals surface area contributed by atoms with Crippen LogP contribution >= 0.6 is 15.2 Å². The number of hydrogen-bond donors (Lipinski definition) is 4. The summed E-state index contributed by atoms with van der Waals surface area (Å²) in [6, 6.07) is 9.04. The first kappa shape index (κ1) is 18.9. The van der Waals surface area contributed by atoms with Gasteiger partial charge in [0.2, 0.25) is 0 Å². The van der Waals surface area contributed by atoms with E-state index in [9.17, 15) is 28.7 Å². The summed E-state index contributed by atoms with van der Waals surface area (Å²) in [5.74, 6) is 0. The molecule has 0 radical (unpaired) electrons. The standard InChI is InChI=1S/C12H14O6P2.Zr/c13-19(14,15)12(20(16,17)18)8-6-11(7-9-12)10-4-2-1-3-5-10;/h1-8H,9H2,(H2,13,14,15)(H2,16,17,18);. The molecule has 0 bridgehead atoms. The van der Waals surface area contributed by atoms with Crippen molar-refractivity contribution in [3.05, 3.63) is 54.1 Å². The van der Waals surface area contributed by atoms with Gasteiger partial charge in [-0.1, -0.05) is 48.6 Å². The zero-order valence-corrected chi connectivity index (χ0v) is 15.1. The molecule has 0 spiro atoms. The minimum absolute atomic E-state index is 0. The Morgan fingerprint density at radius 1 is 0.952 bits per heavy atom. The van der Waals surface area contributed by atoms with Gasteiger partial charge in [0.25, 0.3) is 0 Å². The van der Waals surface area contributed by atoms with E-state index in [1.54, 1.807) is 24.3 Å². The molecule has 6 nitrogen and oxygen atoms in total. The van der Waals surface area contributed by atoms with E-state index in [0.717, 1.165) is 11.6 Å². The average Bonchev–Trinajstić information content (AvgIpc) is 2.37. The molecule has 0 saturated heterocycles. The predicted molar refractivity (Wildman–Crippen MR) is 75.0 cm³/mol. The average molecular weight is 407 g/mol. The molecular formula is C12H14O6P2Zr. The number of rotatable bonds is 3. The Morgan fingerprint density at radius 2 is 1.48 bits per heavy atom. The van der Waals surface area contributed by atoms with Gasteiger partial charge in [0.1, 0.15) is 0 Å². The molecule has 4 N–H and O–H groups in total. The van der Waals surface area contributed by atoms with Crippen LogP contribution in [0.1, 0.15) is 12.0 Å². The fourth-order valence-electron chi connectivity index (χ4n) is 2.07. The van der Waals surface area contributed by atoms with Crippen LogP contribution < -0.4 is 0 Å². The maximum absolute atomic E-state index is 11.5. The molecule has 0 amide bonds. The van der Waals surface area contributed by atoms with Gasteiger partial charge >= 0.3 is 15.2 Å². The van der Waals surface area contributed by atoms with Crippen LogP contribution in [-0.4, -0.2) is 24.5 Å². The molecule has 1 aliphatic rings. The molecule has 0 fully saturated rings. The largest absolute Gasteiger partial charge is 0.347 e. The summed E-state index contributed by atoms with van der Waals surface area (Å²) in [5, 5.41) is 0. The topological polar surface area (TPSA) is 115 Å². The number of benzene rings is 1. The van der Waals surface area contributed by atoms with Gasteiger partial charge in [0, 0.05) is 26.2 Å². The van der Waals surface area contributed by atoms with Crippen molar-refractivity contribution in [3.63, 3.8) is 0 Å². The molecule has 2 rings (SSSR count). The van der Waals surface area contributed by atoms with Crippen LogP contribution in [0.4, 0.5) is 0 Å². The molecule has 1 aromatic rings. The fraction of sp³-hybridized carbons (Fsp3) is 0.167. The SMILES string of the molecule is O=P(O)(O)C1(P(=O)(O)O)C=CC(c2ccccc2)=CC1.[Zr]. The summed E-state index contributed by atoms with van der Waals surface area (Å²) in [7, 11) is -10.0. The zero-order valence-electron chi connectivity index (χ0n) is 10.8. The third-order valence-corrected chi connectivity index (χ3v) is 7.51. The van der Waals surface area contributed by atoms with Gasteiger partial charge < -0.3 is 19.6 Å². The van der Waals surface area contributed by atoms with Gasteiger partial charge in [-0.05, 0) is 17.6 Å². The van der Waals surface area contributed by atoms with Gasteiger partial charge in [-0.2, -0.15) is 0 Å². The van der Waals surface area contributed by atoms with E-state index < -0.39 is 26.5 Å². The predicted octanol–water partition coefficient (Wildman–Crippen LogP) is 2.08. The van der Waals surface area contributed by atoms with Gasteiger partial charge in [0.15, 0.2) is 4.90 Å². The Kier molecular flexibility index (Phi) is 5.91. The Bertz CT molecular complexity index is 636. The van der Waals surface area contributed by atoms with Gasteiger partial charge in [-0.25, -0.2) is 0 Å². The van der Waals surface area contributed by atoms with E-state index in [4.69, 9.17) is 0 Å². The van der Waals surface area contributed by atoms with E-state index in [-0.39, 0.29) is 26.2 Å². The quantitative estimate of drug-likeness (QED) is 0.571. The van der Waals surface area contributed by atoms with Crippen LogP contribution in [0.15, 0.2) is 48.6 Å². The molecule has 1 aliphatic carbocycles. The molecule has 0 aromatic heterocycles. The van der Waals surface area contributed by atoms with Crippen molar-refractivity contribution in [2.75, 3.05) is 0 Å². The first-order chi connectivity index (χ1) is 9.17. The molecule has 0 unspecified atom stereocenters. The van der Waals surface area contributed by atoms with Crippen molar-refractivity contribution in [3.8, 4) is 0 Å². The van der Waals surface area contributed by atoms with Crippen molar-refractivity contribution < 1.29 is 54.9 Å². The minimum Gasteiger partial charge on any atom is -0.323 e. The van der Waals surface area contributed by atoms with Crippen LogP contribution in [0.25, 0.3) is 5.57 Å². The normalized spacial score (nSPS) is 17.8. The van der Waals surface area contributed by atoms with E-state index >= 15 is 0 Å². The monoisotopic (exact) mass is 406 g/mol. The third-order valence-electron chi connectivity index (χ3n) is 3.27. The molecule has 0 aliphatic heterocycles. The molecule has 112 valence electrons. The molecule has 0 heterocycles. The molecule has 21 heavy (non-hydrogen) atoms. The fourth-order valence-corrected chi connectivity index (χ4v) is 4.62. The first-order valence-corrected chi connectivity index (χ1v) is 8.96.